The Kier molecular flexibility index (Phi) is 5.78. The fraction of sp³-hybridized carbons (Fsp3) is 0.444. The van der Waals surface area contributed by atoms with E-state index in [1.807, 2.05) is 16.7 Å². The van der Waals surface area contributed by atoms with Crippen molar-refractivity contribution in [1.29, 1.82) is 0 Å². The lowest BCUT2D eigenvalue weighted by molar-refractivity contribution is -0.136. The van der Waals surface area contributed by atoms with Crippen molar-refractivity contribution < 1.29 is 23.5 Å². The van der Waals surface area contributed by atoms with E-state index in [2.05, 4.69) is 16.3 Å². The van der Waals surface area contributed by atoms with Gasteiger partial charge in [0.25, 0.3) is 5.91 Å². The fourth-order valence-corrected chi connectivity index (χ4v) is 7.71. The van der Waals surface area contributed by atoms with Crippen LogP contribution in [-0.4, -0.2) is 81.8 Å². The maximum atomic E-state index is 13.2. The molecule has 6 heterocycles. The van der Waals surface area contributed by atoms with Gasteiger partial charge < -0.3 is 9.47 Å². The summed E-state index contributed by atoms with van der Waals surface area (Å²) in [7, 11) is -2.52. The molecule has 0 aliphatic carbocycles. The van der Waals surface area contributed by atoms with E-state index in [1.54, 1.807) is 17.3 Å². The smallest absolute Gasteiger partial charge is 0.255 e. The fourth-order valence-electron chi connectivity index (χ4n) is 6.25. The third-order valence-electron chi connectivity index (χ3n) is 8.33. The summed E-state index contributed by atoms with van der Waals surface area (Å²) in [5.74, 6) is -0.315. The predicted octanol–water partition coefficient (Wildman–Crippen LogP) is 2.76. The quantitative estimate of drug-likeness (QED) is 0.412. The molecule has 3 fully saturated rings. The van der Waals surface area contributed by atoms with E-state index >= 15 is 0 Å². The van der Waals surface area contributed by atoms with Crippen molar-refractivity contribution in [3.63, 3.8) is 0 Å². The Morgan fingerprint density at radius 1 is 1.08 bits per heavy atom. The van der Waals surface area contributed by atoms with Crippen LogP contribution in [0.25, 0.3) is 22.4 Å². The van der Waals surface area contributed by atoms with Gasteiger partial charge in [-0.2, -0.15) is 10.6 Å². The summed E-state index contributed by atoms with van der Waals surface area (Å²) < 4.78 is 21.9. The molecule has 12 heteroatoms. The maximum Gasteiger partial charge on any atom is 0.255 e. The Hall–Kier alpha value is -3.32. The summed E-state index contributed by atoms with van der Waals surface area (Å²) >= 11 is 0. The topological polar surface area (TPSA) is 141 Å². The number of imide groups is 1. The number of benzene rings is 1. The Labute approximate surface area is 226 Å². The van der Waals surface area contributed by atoms with Gasteiger partial charge in [0.05, 0.1) is 29.6 Å². The number of nitrogens with zero attached hydrogens (tertiary/aromatic N) is 5. The van der Waals surface area contributed by atoms with Crippen molar-refractivity contribution in [2.75, 3.05) is 24.6 Å². The normalized spacial score (nSPS) is 24.2. The van der Waals surface area contributed by atoms with Gasteiger partial charge in [0, 0.05) is 30.6 Å². The molecule has 4 aliphatic rings. The second-order valence-corrected chi connectivity index (χ2v) is 13.3. The number of carbonyl (C=O) groups excluding carboxylic acids is 3. The molecule has 7 rings (SSSR count). The molecular weight excluding hydrogens is 520 g/mol. The standard InChI is InChI=1S/C27H30N6O5S/c34-23-6-5-22(26(35)30-23)32-12-17-9-16(3-4-20(17)27(32)36)21-10-18(11-31-7-1-2-8-31)24-25(29-21)33(15-28-24)19-13-39(37,38)14-19/h3-4,9-10,15,19,22,37-38H,1-2,5-8,11-14H2,(H,30,34,35). The molecule has 1 aromatic carbocycles. The van der Waals surface area contributed by atoms with Gasteiger partial charge in [0.1, 0.15) is 11.6 Å². The van der Waals surface area contributed by atoms with Crippen LogP contribution in [0.3, 0.4) is 0 Å². The highest BCUT2D eigenvalue weighted by Gasteiger charge is 2.39. The van der Waals surface area contributed by atoms with Crippen LogP contribution in [0.5, 0.6) is 0 Å². The maximum absolute atomic E-state index is 13.2. The lowest BCUT2D eigenvalue weighted by Crippen LogP contribution is -2.52. The first-order valence-corrected chi connectivity index (χ1v) is 15.2. The number of amides is 3. The molecule has 0 saturated carbocycles. The molecule has 0 radical (unpaired) electrons. The number of aromatic nitrogens is 3. The number of likely N-dealkylation sites (tertiary alicyclic amines) is 1. The molecule has 1 atom stereocenters. The van der Waals surface area contributed by atoms with E-state index in [9.17, 15) is 23.5 Å². The molecule has 3 N–H and O–H groups in total. The summed E-state index contributed by atoms with van der Waals surface area (Å²) in [6, 6.07) is 7.01. The second-order valence-electron chi connectivity index (χ2n) is 11.0. The van der Waals surface area contributed by atoms with Gasteiger partial charge in [-0.1, -0.05) is 6.07 Å². The average Bonchev–Trinajstić information content (AvgIpc) is 3.62. The van der Waals surface area contributed by atoms with Crippen molar-refractivity contribution >= 4 is 39.5 Å². The number of hydrogen-bond acceptors (Lipinski definition) is 8. The molecule has 0 bridgehead atoms. The van der Waals surface area contributed by atoms with Crippen molar-refractivity contribution in [2.24, 2.45) is 0 Å². The van der Waals surface area contributed by atoms with Crippen molar-refractivity contribution in [3.05, 3.63) is 47.3 Å². The summed E-state index contributed by atoms with van der Waals surface area (Å²) in [6.07, 6.45) is 4.66. The number of imidazole rings is 1. The molecule has 2 aromatic heterocycles. The Balaban J connectivity index is 1.24. The third-order valence-corrected chi connectivity index (χ3v) is 10.2. The molecule has 204 valence electrons. The summed E-state index contributed by atoms with van der Waals surface area (Å²) in [6.45, 7) is 3.14. The molecule has 3 aromatic rings. The number of fused-ring (bicyclic) bond motifs is 2. The van der Waals surface area contributed by atoms with Gasteiger partial charge >= 0.3 is 0 Å². The van der Waals surface area contributed by atoms with Gasteiger partial charge in [-0.3, -0.25) is 33.7 Å². The van der Waals surface area contributed by atoms with Crippen LogP contribution in [0.2, 0.25) is 0 Å². The van der Waals surface area contributed by atoms with Crippen LogP contribution in [0, 0.1) is 0 Å². The summed E-state index contributed by atoms with van der Waals surface area (Å²) in [5, 5.41) is 2.35. The van der Waals surface area contributed by atoms with E-state index in [0.29, 0.717) is 30.0 Å². The minimum absolute atomic E-state index is 0.0536. The number of carbonyl (C=O) groups is 3. The second kappa shape index (κ2) is 9.12. The van der Waals surface area contributed by atoms with Crippen molar-refractivity contribution in [2.45, 2.75) is 50.9 Å². The Bertz CT molecular complexity index is 1520. The van der Waals surface area contributed by atoms with Gasteiger partial charge in [0.15, 0.2) is 5.65 Å². The van der Waals surface area contributed by atoms with Gasteiger partial charge in [-0.05, 0) is 61.7 Å². The van der Waals surface area contributed by atoms with Crippen LogP contribution in [0.4, 0.5) is 0 Å². The predicted molar refractivity (Wildman–Crippen MR) is 145 cm³/mol. The highest BCUT2D eigenvalue weighted by molar-refractivity contribution is 8.25. The molecule has 3 amide bonds. The highest BCUT2D eigenvalue weighted by Crippen LogP contribution is 2.54. The molecular formula is C27H30N6O5S. The summed E-state index contributed by atoms with van der Waals surface area (Å²) in [4.78, 5) is 50.8. The Morgan fingerprint density at radius 2 is 1.87 bits per heavy atom. The minimum atomic E-state index is -2.52. The molecule has 3 saturated heterocycles. The first kappa shape index (κ1) is 24.7. The number of piperidine rings is 1. The van der Waals surface area contributed by atoms with Crippen LogP contribution < -0.4 is 5.32 Å². The minimum Gasteiger partial charge on any atom is -0.322 e. The SMILES string of the molecule is O=C1CCC(N2Cc3cc(-c4cc(CN5CCCC5)c5ncn(C6CS(O)(O)C6)c5n4)ccc3C2=O)C(=O)N1. The monoisotopic (exact) mass is 550 g/mol. The van der Waals surface area contributed by atoms with E-state index in [1.165, 1.54) is 12.8 Å². The van der Waals surface area contributed by atoms with E-state index in [4.69, 9.17) is 9.97 Å². The summed E-state index contributed by atoms with van der Waals surface area (Å²) in [5.41, 5.74) is 5.64. The zero-order chi connectivity index (χ0) is 26.9. The average molecular weight is 551 g/mol. The van der Waals surface area contributed by atoms with Gasteiger partial charge in [-0.25, -0.2) is 9.97 Å². The lowest BCUT2D eigenvalue weighted by atomic mass is 10.0. The lowest BCUT2D eigenvalue weighted by Gasteiger charge is -2.47. The van der Waals surface area contributed by atoms with Gasteiger partial charge in [-0.15, -0.1) is 0 Å². The van der Waals surface area contributed by atoms with Crippen molar-refractivity contribution in [1.82, 2.24) is 29.7 Å². The van der Waals surface area contributed by atoms with Crippen LogP contribution >= 0.6 is 10.6 Å². The van der Waals surface area contributed by atoms with Crippen LogP contribution in [-0.2, 0) is 22.7 Å². The van der Waals surface area contributed by atoms with Crippen LogP contribution in [0.15, 0.2) is 30.6 Å². The molecule has 11 nitrogen and oxygen atoms in total. The number of nitrogens with one attached hydrogen (secondary N) is 1. The van der Waals surface area contributed by atoms with E-state index < -0.39 is 22.5 Å². The molecule has 0 spiro atoms. The molecule has 1 unspecified atom stereocenters. The number of rotatable bonds is 5. The number of pyridine rings is 1. The van der Waals surface area contributed by atoms with Crippen molar-refractivity contribution in [3.8, 4) is 11.3 Å². The number of hydrogen-bond donors (Lipinski definition) is 3. The van der Waals surface area contributed by atoms with Crippen LogP contribution in [0.1, 0.15) is 53.2 Å². The van der Waals surface area contributed by atoms with E-state index in [0.717, 1.165) is 53.2 Å². The highest BCUT2D eigenvalue weighted by atomic mass is 32.3. The third kappa shape index (κ3) is 4.31. The first-order chi connectivity index (χ1) is 18.8. The molecule has 39 heavy (non-hydrogen) atoms. The largest absolute Gasteiger partial charge is 0.322 e. The van der Waals surface area contributed by atoms with Gasteiger partial charge in [0.2, 0.25) is 11.8 Å². The van der Waals surface area contributed by atoms with E-state index in [-0.39, 0.29) is 24.3 Å². The zero-order valence-corrected chi connectivity index (χ0v) is 22.2. The first-order valence-electron chi connectivity index (χ1n) is 13.4. The molecule has 4 aliphatic heterocycles. The Morgan fingerprint density at radius 3 is 2.62 bits per heavy atom. The zero-order valence-electron chi connectivity index (χ0n) is 21.4.